The highest BCUT2D eigenvalue weighted by atomic mass is 16.5. The van der Waals surface area contributed by atoms with Crippen LogP contribution in [-0.4, -0.2) is 82.4 Å². The molecule has 1 aromatic carbocycles. The fourth-order valence-corrected chi connectivity index (χ4v) is 5.89. The molecule has 2 aromatic rings. The average molecular weight is 578 g/mol. The normalized spacial score (nSPS) is 23.0. The van der Waals surface area contributed by atoms with Gasteiger partial charge in [0.05, 0.1) is 12.4 Å². The van der Waals surface area contributed by atoms with Crippen LogP contribution in [0.5, 0.6) is 5.75 Å². The lowest BCUT2D eigenvalue weighted by Gasteiger charge is -2.46. The molecule has 12 nitrogen and oxygen atoms in total. The monoisotopic (exact) mass is 577 g/mol. The van der Waals surface area contributed by atoms with Crippen molar-refractivity contribution in [2.75, 3.05) is 24.5 Å². The van der Waals surface area contributed by atoms with E-state index in [9.17, 15) is 19.2 Å². The van der Waals surface area contributed by atoms with E-state index in [0.29, 0.717) is 35.7 Å². The van der Waals surface area contributed by atoms with Crippen LogP contribution in [-0.2, 0) is 9.59 Å². The Balaban J connectivity index is 1.05. The molecule has 3 fully saturated rings. The lowest BCUT2D eigenvalue weighted by Crippen LogP contribution is -2.53. The molecule has 0 spiro atoms. The summed E-state index contributed by atoms with van der Waals surface area (Å²) >= 11 is 0. The smallest absolute Gasteiger partial charge is 0.268 e. The number of hydrogen-bond donors (Lipinski definition) is 3. The molecule has 3 heterocycles. The molecule has 1 atom stereocenters. The number of ether oxygens (including phenoxy) is 1. The van der Waals surface area contributed by atoms with E-state index in [1.54, 1.807) is 30.5 Å². The Labute approximate surface area is 245 Å². The first-order chi connectivity index (χ1) is 20.2. The minimum Gasteiger partial charge on any atom is -0.490 e. The van der Waals surface area contributed by atoms with Gasteiger partial charge >= 0.3 is 0 Å². The number of nitrogens with one attached hydrogen (secondary N) is 2. The van der Waals surface area contributed by atoms with E-state index in [4.69, 9.17) is 10.5 Å². The summed E-state index contributed by atoms with van der Waals surface area (Å²) in [5.74, 6) is 0.379. The second kappa shape index (κ2) is 12.8. The van der Waals surface area contributed by atoms with Crippen LogP contribution < -0.4 is 26.0 Å². The molecule has 42 heavy (non-hydrogen) atoms. The van der Waals surface area contributed by atoms with Gasteiger partial charge in [-0.1, -0.05) is 0 Å². The molecular formula is C30H39N7O5. The van der Waals surface area contributed by atoms with Crippen LogP contribution in [0.15, 0.2) is 36.7 Å². The molecule has 12 heteroatoms. The number of primary amides is 1. The van der Waals surface area contributed by atoms with Gasteiger partial charge in [-0.25, -0.2) is 9.97 Å². The molecule has 4 N–H and O–H groups in total. The number of imide groups is 1. The van der Waals surface area contributed by atoms with E-state index < -0.39 is 17.9 Å². The van der Waals surface area contributed by atoms with Crippen molar-refractivity contribution in [1.29, 1.82) is 0 Å². The van der Waals surface area contributed by atoms with Gasteiger partial charge in [-0.05, 0) is 63.3 Å². The minimum atomic E-state index is -0.703. The summed E-state index contributed by atoms with van der Waals surface area (Å²) in [4.78, 5) is 60.4. The fraction of sp³-hybridized carbons (Fsp3) is 0.533. The third-order valence-corrected chi connectivity index (χ3v) is 8.46. The van der Waals surface area contributed by atoms with Gasteiger partial charge in [0, 0.05) is 56.5 Å². The Kier molecular flexibility index (Phi) is 9.00. The van der Waals surface area contributed by atoms with Gasteiger partial charge in [-0.15, -0.1) is 0 Å². The summed E-state index contributed by atoms with van der Waals surface area (Å²) in [5, 5.41) is 4.94. The minimum absolute atomic E-state index is 0.128. The second-order valence-corrected chi connectivity index (χ2v) is 11.7. The highest BCUT2D eigenvalue weighted by Gasteiger charge is 2.37. The molecule has 3 aliphatic rings. The Bertz CT molecular complexity index is 1290. The Hall–Kier alpha value is -4.06. The maximum absolute atomic E-state index is 12.6. The second-order valence-electron chi connectivity index (χ2n) is 11.7. The number of hydrogen-bond acceptors (Lipinski definition) is 9. The number of amides is 4. The number of rotatable bonds is 10. The van der Waals surface area contributed by atoms with Crippen LogP contribution >= 0.6 is 0 Å². The van der Waals surface area contributed by atoms with E-state index in [2.05, 4.69) is 44.2 Å². The lowest BCUT2D eigenvalue weighted by molar-refractivity contribution is -0.134. The number of nitrogens with two attached hydrogens (primary N) is 1. The van der Waals surface area contributed by atoms with Crippen molar-refractivity contribution in [2.45, 2.75) is 76.6 Å². The molecule has 224 valence electrons. The van der Waals surface area contributed by atoms with Crippen LogP contribution in [0, 0.1) is 5.92 Å². The molecular weight excluding hydrogens is 538 g/mol. The van der Waals surface area contributed by atoms with Gasteiger partial charge in [-0.3, -0.25) is 29.4 Å². The molecule has 0 bridgehead atoms. The average Bonchev–Trinajstić information content (AvgIpc) is 2.96. The van der Waals surface area contributed by atoms with Crippen molar-refractivity contribution < 1.29 is 23.9 Å². The van der Waals surface area contributed by atoms with Crippen LogP contribution in [0.4, 0.5) is 5.82 Å². The third-order valence-electron chi connectivity index (χ3n) is 8.46. The number of aromatic nitrogens is 2. The number of carbonyl (C=O) groups excluding carboxylic acids is 4. The van der Waals surface area contributed by atoms with Gasteiger partial charge in [0.2, 0.25) is 11.8 Å². The molecule has 0 radical (unpaired) electrons. The fourth-order valence-electron chi connectivity index (χ4n) is 5.89. The Morgan fingerprint density at radius 3 is 2.40 bits per heavy atom. The Morgan fingerprint density at radius 1 is 1.10 bits per heavy atom. The van der Waals surface area contributed by atoms with E-state index in [1.165, 1.54) is 6.20 Å². The van der Waals surface area contributed by atoms with Gasteiger partial charge in [0.1, 0.15) is 29.4 Å². The molecule has 2 saturated heterocycles. The molecule has 1 saturated carbocycles. The van der Waals surface area contributed by atoms with E-state index in [0.717, 1.165) is 51.1 Å². The summed E-state index contributed by atoms with van der Waals surface area (Å²) in [6, 6.07) is 7.15. The predicted molar refractivity (Wildman–Crippen MR) is 155 cm³/mol. The number of carbonyl (C=O) groups is 4. The molecule has 2 aliphatic heterocycles. The zero-order valence-corrected chi connectivity index (χ0v) is 24.1. The molecule has 1 aromatic heterocycles. The summed E-state index contributed by atoms with van der Waals surface area (Å²) in [6.07, 6.45) is 7.75. The van der Waals surface area contributed by atoms with Crippen LogP contribution in [0.25, 0.3) is 0 Å². The lowest BCUT2D eigenvalue weighted by atomic mass is 9.85. The van der Waals surface area contributed by atoms with Crippen LogP contribution in [0.2, 0.25) is 0 Å². The molecule has 5 rings (SSSR count). The number of piperidine rings is 2. The Morgan fingerprint density at radius 2 is 1.81 bits per heavy atom. The van der Waals surface area contributed by atoms with E-state index in [1.807, 2.05) is 0 Å². The van der Waals surface area contributed by atoms with Crippen LogP contribution in [0.1, 0.15) is 73.2 Å². The van der Waals surface area contributed by atoms with Gasteiger partial charge in [0.15, 0.2) is 0 Å². The van der Waals surface area contributed by atoms with Crippen molar-refractivity contribution in [3.05, 3.63) is 47.9 Å². The number of anilines is 1. The number of nitrogens with zero attached hydrogens (tertiary/aromatic N) is 4. The molecule has 1 aliphatic carbocycles. The van der Waals surface area contributed by atoms with Crippen molar-refractivity contribution in [3.63, 3.8) is 0 Å². The first-order valence-corrected chi connectivity index (χ1v) is 14.7. The number of benzene rings is 1. The maximum Gasteiger partial charge on any atom is 0.268 e. The first-order valence-electron chi connectivity index (χ1n) is 14.7. The molecule has 4 amide bonds. The zero-order valence-electron chi connectivity index (χ0n) is 24.1. The van der Waals surface area contributed by atoms with Gasteiger partial charge in [0.25, 0.3) is 11.8 Å². The largest absolute Gasteiger partial charge is 0.490 e. The van der Waals surface area contributed by atoms with Crippen molar-refractivity contribution in [3.8, 4) is 5.75 Å². The highest BCUT2D eigenvalue weighted by Crippen LogP contribution is 2.33. The summed E-state index contributed by atoms with van der Waals surface area (Å²) < 4.78 is 6.19. The van der Waals surface area contributed by atoms with Crippen molar-refractivity contribution >= 4 is 29.4 Å². The van der Waals surface area contributed by atoms with Crippen molar-refractivity contribution in [2.24, 2.45) is 11.7 Å². The molecule has 1 unspecified atom stereocenters. The zero-order chi connectivity index (χ0) is 29.8. The van der Waals surface area contributed by atoms with Gasteiger partial charge in [-0.2, -0.15) is 0 Å². The van der Waals surface area contributed by atoms with Crippen LogP contribution in [0.3, 0.4) is 0 Å². The maximum atomic E-state index is 12.6. The third kappa shape index (κ3) is 7.04. The summed E-state index contributed by atoms with van der Waals surface area (Å²) in [7, 11) is 0. The predicted octanol–water partition coefficient (Wildman–Crippen LogP) is 1.65. The first kappa shape index (κ1) is 29.4. The van der Waals surface area contributed by atoms with E-state index >= 15 is 0 Å². The van der Waals surface area contributed by atoms with E-state index in [-0.39, 0.29) is 30.0 Å². The quantitative estimate of drug-likeness (QED) is 0.357. The van der Waals surface area contributed by atoms with Crippen molar-refractivity contribution in [1.82, 2.24) is 25.5 Å². The summed E-state index contributed by atoms with van der Waals surface area (Å²) in [5.41, 5.74) is 5.88. The van der Waals surface area contributed by atoms with Gasteiger partial charge < -0.3 is 20.7 Å². The highest BCUT2D eigenvalue weighted by molar-refractivity contribution is 6.03. The summed E-state index contributed by atoms with van der Waals surface area (Å²) in [6.45, 7) is 7.35. The SMILES string of the molecule is CC(C)N(CC1CCN(c2cnc(C(N)=O)cn2)CC1)C1CC(Oc2ccc(C(=O)NC3CCC(=O)NC3=O)cc2)C1. The standard InChI is InChI=1S/C30H39N7O5/c1-18(2)37(17-19-9-11-36(12-10-19)26-16-32-25(15-33-26)28(31)39)21-13-23(14-21)42-22-5-3-20(4-6-22)29(40)34-24-7-8-27(38)35-30(24)41/h3-6,15-16,18-19,21,23-24H,7-14,17H2,1-2H3,(H2,31,39)(H,34,40)(H,35,38,41). The topological polar surface area (TPSA) is 160 Å².